The van der Waals surface area contributed by atoms with Gasteiger partial charge in [-0.3, -0.25) is 0 Å². The van der Waals surface area contributed by atoms with Crippen molar-refractivity contribution in [3.05, 3.63) is 22.8 Å². The molecule has 1 N–H and O–H groups in total. The molecule has 2 aromatic heterocycles. The molecule has 2 bridgehead atoms. The van der Waals surface area contributed by atoms with Crippen molar-refractivity contribution in [3.63, 3.8) is 0 Å². The first-order valence-electron chi connectivity index (χ1n) is 6.22. The molecule has 94 valence electrons. The highest BCUT2D eigenvalue weighted by atomic mass is 79.9. The summed E-state index contributed by atoms with van der Waals surface area (Å²) in [5.74, 6) is 0.689. The number of pyridine rings is 1. The number of hydrogen-bond acceptors (Lipinski definition) is 4. The number of ether oxygens (including phenoxy) is 1. The zero-order valence-electron chi connectivity index (χ0n) is 9.71. The summed E-state index contributed by atoms with van der Waals surface area (Å²) in [6.45, 7) is 0. The standard InChI is InChI=1S/C12H13BrN4O/c13-7-1-4-11-15-12(16-17(11)6-7)14-9-5-8-2-3-10(9)18-8/h1,4,6,8-10H,2-3,5H2,(H,14,16). The fourth-order valence-corrected chi connectivity index (χ4v) is 3.20. The van der Waals surface area contributed by atoms with E-state index in [0.29, 0.717) is 24.2 Å². The van der Waals surface area contributed by atoms with Crippen molar-refractivity contribution < 1.29 is 4.74 Å². The topological polar surface area (TPSA) is 51.5 Å². The van der Waals surface area contributed by atoms with E-state index in [1.54, 1.807) is 4.52 Å². The second kappa shape index (κ2) is 3.93. The number of rotatable bonds is 2. The van der Waals surface area contributed by atoms with E-state index < -0.39 is 0 Å². The zero-order chi connectivity index (χ0) is 12.1. The molecular weight excluding hydrogens is 296 g/mol. The number of hydrogen-bond donors (Lipinski definition) is 1. The third kappa shape index (κ3) is 1.71. The van der Waals surface area contributed by atoms with Crippen molar-refractivity contribution >= 4 is 27.5 Å². The molecule has 18 heavy (non-hydrogen) atoms. The SMILES string of the molecule is Brc1ccc2nc(NC3CC4CCC3O4)nn2c1. The summed E-state index contributed by atoms with van der Waals surface area (Å²) >= 11 is 3.43. The lowest BCUT2D eigenvalue weighted by atomic mass is 9.96. The van der Waals surface area contributed by atoms with E-state index in [4.69, 9.17) is 4.74 Å². The molecule has 0 radical (unpaired) electrons. The number of fused-ring (bicyclic) bond motifs is 3. The van der Waals surface area contributed by atoms with Gasteiger partial charge in [0.05, 0.1) is 18.2 Å². The summed E-state index contributed by atoms with van der Waals surface area (Å²) in [5.41, 5.74) is 0.852. The normalized spacial score (nSPS) is 30.2. The Bertz CT molecular complexity index is 599. The summed E-state index contributed by atoms with van der Waals surface area (Å²) in [6.07, 6.45) is 6.12. The maximum Gasteiger partial charge on any atom is 0.243 e. The van der Waals surface area contributed by atoms with E-state index in [-0.39, 0.29) is 0 Å². The Labute approximate surface area is 113 Å². The smallest absolute Gasteiger partial charge is 0.243 e. The first-order valence-corrected chi connectivity index (χ1v) is 7.01. The van der Waals surface area contributed by atoms with Gasteiger partial charge in [-0.1, -0.05) is 0 Å². The minimum absolute atomic E-state index is 0.341. The van der Waals surface area contributed by atoms with Crippen molar-refractivity contribution in [2.24, 2.45) is 0 Å². The van der Waals surface area contributed by atoms with Gasteiger partial charge in [-0.2, -0.15) is 4.98 Å². The van der Waals surface area contributed by atoms with Crippen LogP contribution in [-0.4, -0.2) is 32.8 Å². The Morgan fingerprint density at radius 1 is 1.39 bits per heavy atom. The van der Waals surface area contributed by atoms with Crippen LogP contribution in [-0.2, 0) is 4.74 Å². The highest BCUT2D eigenvalue weighted by Crippen LogP contribution is 2.35. The van der Waals surface area contributed by atoms with Crippen LogP contribution in [0, 0.1) is 0 Å². The first-order chi connectivity index (χ1) is 8.78. The average molecular weight is 309 g/mol. The second-order valence-electron chi connectivity index (χ2n) is 4.95. The van der Waals surface area contributed by atoms with Crippen molar-refractivity contribution in [1.82, 2.24) is 14.6 Å². The van der Waals surface area contributed by atoms with Crippen molar-refractivity contribution in [2.75, 3.05) is 5.32 Å². The lowest BCUT2D eigenvalue weighted by Gasteiger charge is -2.18. The van der Waals surface area contributed by atoms with Crippen LogP contribution in [0.2, 0.25) is 0 Å². The van der Waals surface area contributed by atoms with E-state index in [1.807, 2.05) is 18.3 Å². The molecule has 4 rings (SSSR count). The van der Waals surface area contributed by atoms with E-state index in [9.17, 15) is 0 Å². The minimum Gasteiger partial charge on any atom is -0.373 e. The first kappa shape index (κ1) is 10.8. The molecule has 0 aliphatic carbocycles. The van der Waals surface area contributed by atoms with Gasteiger partial charge in [0.2, 0.25) is 5.95 Å². The predicted octanol–water partition coefficient (Wildman–Crippen LogP) is 2.22. The zero-order valence-corrected chi connectivity index (χ0v) is 11.3. The highest BCUT2D eigenvalue weighted by molar-refractivity contribution is 9.10. The van der Waals surface area contributed by atoms with Crippen LogP contribution in [0.15, 0.2) is 22.8 Å². The molecule has 2 aliphatic rings. The summed E-state index contributed by atoms with van der Waals surface area (Å²) in [7, 11) is 0. The highest BCUT2D eigenvalue weighted by Gasteiger charge is 2.41. The van der Waals surface area contributed by atoms with Gasteiger partial charge in [-0.05, 0) is 47.3 Å². The average Bonchev–Trinajstić information content (AvgIpc) is 3.02. The fourth-order valence-electron chi connectivity index (χ4n) is 2.87. The van der Waals surface area contributed by atoms with Crippen LogP contribution < -0.4 is 5.32 Å². The fraction of sp³-hybridized carbons (Fsp3) is 0.500. The molecular formula is C12H13BrN4O. The van der Waals surface area contributed by atoms with Crippen LogP contribution in [0.3, 0.4) is 0 Å². The van der Waals surface area contributed by atoms with E-state index >= 15 is 0 Å². The van der Waals surface area contributed by atoms with Crippen molar-refractivity contribution in [2.45, 2.75) is 37.5 Å². The molecule has 0 saturated carbocycles. The minimum atomic E-state index is 0.341. The third-order valence-corrected chi connectivity index (χ3v) is 4.18. The maximum atomic E-state index is 5.82. The summed E-state index contributed by atoms with van der Waals surface area (Å²) in [6, 6.07) is 4.28. The van der Waals surface area contributed by atoms with Gasteiger partial charge in [0, 0.05) is 10.7 Å². The number of aromatic nitrogens is 3. The van der Waals surface area contributed by atoms with E-state index in [0.717, 1.165) is 23.0 Å². The van der Waals surface area contributed by atoms with Crippen LogP contribution >= 0.6 is 15.9 Å². The van der Waals surface area contributed by atoms with Gasteiger partial charge in [-0.25, -0.2) is 4.52 Å². The molecule has 2 aliphatic heterocycles. The molecule has 3 atom stereocenters. The molecule has 2 fully saturated rings. The number of halogens is 1. The van der Waals surface area contributed by atoms with Gasteiger partial charge in [0.1, 0.15) is 0 Å². The monoisotopic (exact) mass is 308 g/mol. The number of nitrogens with zero attached hydrogens (tertiary/aromatic N) is 3. The van der Waals surface area contributed by atoms with Crippen molar-refractivity contribution in [1.29, 1.82) is 0 Å². The second-order valence-corrected chi connectivity index (χ2v) is 5.86. The molecule has 2 saturated heterocycles. The van der Waals surface area contributed by atoms with Crippen LogP contribution in [0.1, 0.15) is 19.3 Å². The van der Waals surface area contributed by atoms with Crippen LogP contribution in [0.5, 0.6) is 0 Å². The summed E-state index contributed by atoms with van der Waals surface area (Å²) in [5, 5.41) is 7.83. The van der Waals surface area contributed by atoms with Gasteiger partial charge in [-0.15, -0.1) is 5.10 Å². The molecule has 2 aromatic rings. The predicted molar refractivity (Wildman–Crippen MR) is 70.6 cm³/mol. The summed E-state index contributed by atoms with van der Waals surface area (Å²) in [4.78, 5) is 4.47. The molecule has 0 aromatic carbocycles. The Balaban J connectivity index is 1.59. The number of anilines is 1. The van der Waals surface area contributed by atoms with Crippen molar-refractivity contribution in [3.8, 4) is 0 Å². The van der Waals surface area contributed by atoms with E-state index in [2.05, 4.69) is 31.3 Å². The van der Waals surface area contributed by atoms with Gasteiger partial charge in [0.15, 0.2) is 5.65 Å². The quantitative estimate of drug-likeness (QED) is 0.924. The Kier molecular flexibility index (Phi) is 2.35. The summed E-state index contributed by atoms with van der Waals surface area (Å²) < 4.78 is 8.59. The molecule has 0 amide bonds. The molecule has 3 unspecified atom stereocenters. The third-order valence-electron chi connectivity index (χ3n) is 3.72. The number of nitrogens with one attached hydrogen (secondary N) is 1. The Morgan fingerprint density at radius 2 is 2.33 bits per heavy atom. The van der Waals surface area contributed by atoms with Gasteiger partial charge < -0.3 is 10.1 Å². The molecule has 5 nitrogen and oxygen atoms in total. The molecule has 6 heteroatoms. The maximum absolute atomic E-state index is 5.82. The largest absolute Gasteiger partial charge is 0.373 e. The Morgan fingerprint density at radius 3 is 3.11 bits per heavy atom. The molecule has 4 heterocycles. The van der Waals surface area contributed by atoms with Gasteiger partial charge >= 0.3 is 0 Å². The Hall–Kier alpha value is -1.14. The van der Waals surface area contributed by atoms with Crippen LogP contribution in [0.25, 0.3) is 5.65 Å². The van der Waals surface area contributed by atoms with Crippen LogP contribution in [0.4, 0.5) is 5.95 Å². The molecule has 0 spiro atoms. The lowest BCUT2D eigenvalue weighted by molar-refractivity contribution is 0.102. The lowest BCUT2D eigenvalue weighted by Crippen LogP contribution is -2.30. The van der Waals surface area contributed by atoms with Gasteiger partial charge in [0.25, 0.3) is 0 Å². The van der Waals surface area contributed by atoms with E-state index in [1.165, 1.54) is 6.42 Å².